The van der Waals surface area contributed by atoms with E-state index in [0.717, 1.165) is 19.3 Å². The van der Waals surface area contributed by atoms with Gasteiger partial charge in [-0.3, -0.25) is 9.59 Å². The van der Waals surface area contributed by atoms with E-state index < -0.39 is 18.0 Å². The molecule has 0 aromatic rings. The number of unbranched alkanes of at least 4 members (excludes halogenated alkanes) is 3. The van der Waals surface area contributed by atoms with Crippen molar-refractivity contribution in [1.29, 1.82) is 0 Å². The molecule has 5 heteroatoms. The number of hydrogen-bond donors (Lipinski definition) is 3. The molecule has 0 radical (unpaired) electrons. The van der Waals surface area contributed by atoms with Crippen molar-refractivity contribution in [2.75, 3.05) is 0 Å². The summed E-state index contributed by atoms with van der Waals surface area (Å²) >= 11 is 0. The number of hydrogen-bond acceptors (Lipinski definition) is 3. The van der Waals surface area contributed by atoms with Gasteiger partial charge in [0, 0.05) is 6.42 Å². The molecule has 0 spiro atoms. The second-order valence-electron chi connectivity index (χ2n) is 3.29. The fraction of sp³-hybridized carbons (Fsp3) is 0.778. The van der Waals surface area contributed by atoms with Crippen LogP contribution in [0.25, 0.3) is 0 Å². The average Bonchev–Trinajstić information content (AvgIpc) is 2.09. The Kier molecular flexibility index (Phi) is 6.74. The maximum Gasteiger partial charge on any atom is 0.320 e. The van der Waals surface area contributed by atoms with Crippen LogP contribution in [-0.4, -0.2) is 28.2 Å². The van der Waals surface area contributed by atoms with Crippen LogP contribution in [0.15, 0.2) is 0 Å². The predicted octanol–water partition coefficient (Wildman–Crippen LogP) is 0.823. The summed E-state index contributed by atoms with van der Waals surface area (Å²) in [5.41, 5.74) is 5.29. The Balaban J connectivity index is 3.21. The summed E-state index contributed by atoms with van der Waals surface area (Å²) in [7, 11) is 0. The van der Waals surface area contributed by atoms with Gasteiger partial charge < -0.3 is 15.9 Å². The van der Waals surface area contributed by atoms with Crippen LogP contribution in [0.1, 0.15) is 38.5 Å². The Morgan fingerprint density at radius 3 is 2.14 bits per heavy atom. The van der Waals surface area contributed by atoms with Crippen molar-refractivity contribution in [3.63, 3.8) is 0 Å². The molecule has 0 fully saturated rings. The van der Waals surface area contributed by atoms with E-state index in [1.54, 1.807) is 0 Å². The van der Waals surface area contributed by atoms with Gasteiger partial charge >= 0.3 is 11.9 Å². The third-order valence-corrected chi connectivity index (χ3v) is 1.97. The predicted molar refractivity (Wildman–Crippen MR) is 50.9 cm³/mol. The molecule has 0 aromatic carbocycles. The number of nitrogens with two attached hydrogens (primary N) is 1. The van der Waals surface area contributed by atoms with Crippen molar-refractivity contribution in [3.05, 3.63) is 0 Å². The molecule has 4 N–H and O–H groups in total. The lowest BCUT2D eigenvalue weighted by molar-refractivity contribution is -0.139. The summed E-state index contributed by atoms with van der Waals surface area (Å²) < 4.78 is 0. The average molecular weight is 203 g/mol. The summed E-state index contributed by atoms with van der Waals surface area (Å²) in [6.45, 7) is 0. The smallest absolute Gasteiger partial charge is 0.320 e. The maximum atomic E-state index is 10.3. The first-order chi connectivity index (χ1) is 6.54. The molecule has 82 valence electrons. The highest BCUT2D eigenvalue weighted by molar-refractivity contribution is 5.72. The van der Waals surface area contributed by atoms with E-state index in [2.05, 4.69) is 0 Å². The van der Waals surface area contributed by atoms with E-state index >= 15 is 0 Å². The van der Waals surface area contributed by atoms with E-state index in [1.165, 1.54) is 0 Å². The fourth-order valence-corrected chi connectivity index (χ4v) is 1.12. The van der Waals surface area contributed by atoms with Gasteiger partial charge in [-0.05, 0) is 12.8 Å². The van der Waals surface area contributed by atoms with E-state index in [0.29, 0.717) is 12.8 Å². The molecule has 0 aliphatic heterocycles. The summed E-state index contributed by atoms with van der Waals surface area (Å²) in [5, 5.41) is 16.8. The van der Waals surface area contributed by atoms with Crippen LogP contribution in [0.4, 0.5) is 0 Å². The Hall–Kier alpha value is -1.10. The molecule has 1 unspecified atom stereocenters. The lowest BCUT2D eigenvalue weighted by Gasteiger charge is -2.04. The molecule has 14 heavy (non-hydrogen) atoms. The fourth-order valence-electron chi connectivity index (χ4n) is 1.12. The first kappa shape index (κ1) is 12.9. The van der Waals surface area contributed by atoms with Gasteiger partial charge in [0.25, 0.3) is 0 Å². The number of rotatable bonds is 8. The number of carboxylic acids is 2. The molecule has 0 aromatic heterocycles. The highest BCUT2D eigenvalue weighted by Crippen LogP contribution is 2.06. The molecule has 1 atom stereocenters. The zero-order valence-electron chi connectivity index (χ0n) is 8.11. The molecule has 0 heterocycles. The lowest BCUT2D eigenvalue weighted by Crippen LogP contribution is -2.29. The zero-order chi connectivity index (χ0) is 11.0. The standard InChI is InChI=1S/C9H17NO4/c10-7(9(13)14)5-3-1-2-4-6-8(11)12/h7H,1-6,10H2,(H,11,12)(H,13,14). The molecule has 0 bridgehead atoms. The molecule has 0 aliphatic carbocycles. The molecular formula is C9H17NO4. The van der Waals surface area contributed by atoms with Gasteiger partial charge in [0.1, 0.15) is 6.04 Å². The molecule has 0 aliphatic rings. The SMILES string of the molecule is NC(CCCCCCC(=O)O)C(=O)O. The minimum Gasteiger partial charge on any atom is -0.481 e. The van der Waals surface area contributed by atoms with Gasteiger partial charge in [0.05, 0.1) is 0 Å². The number of carboxylic acid groups (broad SMARTS) is 2. The van der Waals surface area contributed by atoms with Gasteiger partial charge in [-0.2, -0.15) is 0 Å². The number of aliphatic carboxylic acids is 2. The minimum absolute atomic E-state index is 0.186. The van der Waals surface area contributed by atoms with E-state index in [1.807, 2.05) is 0 Å². The molecular weight excluding hydrogens is 186 g/mol. The van der Waals surface area contributed by atoms with Gasteiger partial charge in [0.15, 0.2) is 0 Å². The molecule has 0 saturated carbocycles. The Bertz CT molecular complexity index is 193. The van der Waals surface area contributed by atoms with Crippen molar-refractivity contribution in [2.24, 2.45) is 5.73 Å². The highest BCUT2D eigenvalue weighted by Gasteiger charge is 2.09. The van der Waals surface area contributed by atoms with Crippen molar-refractivity contribution in [3.8, 4) is 0 Å². The number of carbonyl (C=O) groups is 2. The summed E-state index contributed by atoms with van der Waals surface area (Å²) in [6, 6.07) is -0.783. The second kappa shape index (κ2) is 7.32. The normalized spacial score (nSPS) is 12.4. The first-order valence-electron chi connectivity index (χ1n) is 4.74. The van der Waals surface area contributed by atoms with Crippen LogP contribution >= 0.6 is 0 Å². The second-order valence-corrected chi connectivity index (χ2v) is 3.29. The van der Waals surface area contributed by atoms with Crippen molar-refractivity contribution < 1.29 is 19.8 Å². The van der Waals surface area contributed by atoms with Gasteiger partial charge in [0.2, 0.25) is 0 Å². The van der Waals surface area contributed by atoms with Crippen LogP contribution in [-0.2, 0) is 9.59 Å². The Labute approximate surface area is 82.9 Å². The highest BCUT2D eigenvalue weighted by atomic mass is 16.4. The summed E-state index contributed by atoms with van der Waals surface area (Å²) in [4.78, 5) is 20.4. The van der Waals surface area contributed by atoms with Crippen LogP contribution in [0, 0.1) is 0 Å². The molecule has 5 nitrogen and oxygen atoms in total. The molecule has 0 amide bonds. The Morgan fingerprint density at radius 1 is 1.07 bits per heavy atom. The summed E-state index contributed by atoms with van der Waals surface area (Å²) in [5.74, 6) is -1.76. The van der Waals surface area contributed by atoms with Crippen molar-refractivity contribution >= 4 is 11.9 Å². The van der Waals surface area contributed by atoms with Crippen LogP contribution in [0.5, 0.6) is 0 Å². The maximum absolute atomic E-state index is 10.3. The summed E-state index contributed by atoms with van der Waals surface area (Å²) in [6.07, 6.45) is 3.70. The first-order valence-corrected chi connectivity index (χ1v) is 4.74. The van der Waals surface area contributed by atoms with Gasteiger partial charge in [-0.15, -0.1) is 0 Å². The van der Waals surface area contributed by atoms with E-state index in [9.17, 15) is 9.59 Å². The monoisotopic (exact) mass is 203 g/mol. The quantitative estimate of drug-likeness (QED) is 0.507. The van der Waals surface area contributed by atoms with E-state index in [4.69, 9.17) is 15.9 Å². The van der Waals surface area contributed by atoms with Gasteiger partial charge in [-0.25, -0.2) is 0 Å². The van der Waals surface area contributed by atoms with Crippen molar-refractivity contribution in [1.82, 2.24) is 0 Å². The third-order valence-electron chi connectivity index (χ3n) is 1.97. The largest absolute Gasteiger partial charge is 0.481 e. The van der Waals surface area contributed by atoms with Gasteiger partial charge in [-0.1, -0.05) is 19.3 Å². The zero-order valence-corrected chi connectivity index (χ0v) is 8.11. The lowest BCUT2D eigenvalue weighted by atomic mass is 10.1. The molecule has 0 saturated heterocycles. The van der Waals surface area contributed by atoms with Crippen molar-refractivity contribution in [2.45, 2.75) is 44.6 Å². The topological polar surface area (TPSA) is 101 Å². The Morgan fingerprint density at radius 2 is 1.64 bits per heavy atom. The molecule has 0 rings (SSSR count). The van der Waals surface area contributed by atoms with Crippen LogP contribution in [0.3, 0.4) is 0 Å². The third kappa shape index (κ3) is 7.54. The van der Waals surface area contributed by atoms with Crippen LogP contribution < -0.4 is 5.73 Å². The minimum atomic E-state index is -0.976. The van der Waals surface area contributed by atoms with Crippen LogP contribution in [0.2, 0.25) is 0 Å². The van der Waals surface area contributed by atoms with E-state index in [-0.39, 0.29) is 6.42 Å².